The van der Waals surface area contributed by atoms with Crippen molar-refractivity contribution in [2.45, 2.75) is 12.8 Å². The largest absolute Gasteiger partial charge is 0.294 e. The first-order valence-electron chi connectivity index (χ1n) is 6.39. The molecule has 0 saturated carbocycles. The lowest BCUT2D eigenvalue weighted by Crippen LogP contribution is -2.15. The minimum atomic E-state index is -0.536. The quantitative estimate of drug-likeness (QED) is 0.596. The van der Waals surface area contributed by atoms with Crippen LogP contribution in [0, 0.1) is 0 Å². The second kappa shape index (κ2) is 6.57. The summed E-state index contributed by atoms with van der Waals surface area (Å²) < 4.78 is 0. The molecule has 0 aliphatic rings. The summed E-state index contributed by atoms with van der Waals surface area (Å²) >= 11 is 0. The highest BCUT2D eigenvalue weighted by Crippen LogP contribution is 2.08. The highest BCUT2D eigenvalue weighted by atomic mass is 16.2. The van der Waals surface area contributed by atoms with E-state index in [-0.39, 0.29) is 18.6 Å². The number of hydrogen-bond acceptors (Lipinski definition) is 3. The molecular weight excluding hydrogens is 252 g/mol. The fourth-order valence-electron chi connectivity index (χ4n) is 1.86. The Morgan fingerprint density at radius 2 is 1.15 bits per heavy atom. The normalized spacial score (nSPS) is 10.0. The van der Waals surface area contributed by atoms with Gasteiger partial charge in [0.2, 0.25) is 11.6 Å². The van der Waals surface area contributed by atoms with Crippen molar-refractivity contribution in [3.63, 3.8) is 0 Å². The molecule has 0 bridgehead atoms. The van der Waals surface area contributed by atoms with E-state index in [1.165, 1.54) is 0 Å². The summed E-state index contributed by atoms with van der Waals surface area (Å²) in [4.78, 5) is 35.5. The van der Waals surface area contributed by atoms with E-state index in [2.05, 4.69) is 0 Å². The van der Waals surface area contributed by atoms with E-state index in [1.807, 2.05) is 6.07 Å². The first kappa shape index (κ1) is 13.9. The van der Waals surface area contributed by atoms with Gasteiger partial charge in [-0.15, -0.1) is 0 Å². The third kappa shape index (κ3) is 3.48. The Morgan fingerprint density at radius 1 is 0.650 bits per heavy atom. The number of Topliss-reactive ketones (excluding diaryl/α,β-unsaturated/α-hetero) is 3. The summed E-state index contributed by atoms with van der Waals surface area (Å²) in [7, 11) is 0. The molecule has 0 amide bonds. The Morgan fingerprint density at radius 3 is 1.70 bits per heavy atom. The Labute approximate surface area is 117 Å². The molecule has 0 radical (unpaired) electrons. The van der Waals surface area contributed by atoms with Gasteiger partial charge in [-0.25, -0.2) is 0 Å². The van der Waals surface area contributed by atoms with Crippen molar-refractivity contribution in [2.24, 2.45) is 0 Å². The van der Waals surface area contributed by atoms with Crippen molar-refractivity contribution in [3.8, 4) is 0 Å². The van der Waals surface area contributed by atoms with Gasteiger partial charge in [0.25, 0.3) is 0 Å². The molecule has 20 heavy (non-hydrogen) atoms. The monoisotopic (exact) mass is 266 g/mol. The van der Waals surface area contributed by atoms with Crippen LogP contribution in [0.25, 0.3) is 0 Å². The SMILES string of the molecule is O=C(CCC(=O)c1ccccc1)C(=O)c1ccccc1. The molecule has 0 aliphatic carbocycles. The van der Waals surface area contributed by atoms with E-state index in [0.717, 1.165) is 0 Å². The maximum Gasteiger partial charge on any atom is 0.228 e. The lowest BCUT2D eigenvalue weighted by molar-refractivity contribution is -0.115. The highest BCUT2D eigenvalue weighted by molar-refractivity contribution is 6.43. The van der Waals surface area contributed by atoms with E-state index in [9.17, 15) is 14.4 Å². The minimum absolute atomic E-state index is 0.0541. The number of carbonyl (C=O) groups is 3. The lowest BCUT2D eigenvalue weighted by atomic mass is 10.0. The van der Waals surface area contributed by atoms with Crippen molar-refractivity contribution >= 4 is 17.3 Å². The van der Waals surface area contributed by atoms with Gasteiger partial charge in [0.15, 0.2) is 5.78 Å². The molecule has 0 aliphatic heterocycles. The van der Waals surface area contributed by atoms with Gasteiger partial charge in [-0.2, -0.15) is 0 Å². The average Bonchev–Trinajstić information content (AvgIpc) is 2.53. The van der Waals surface area contributed by atoms with Crippen molar-refractivity contribution in [3.05, 3.63) is 71.8 Å². The average molecular weight is 266 g/mol. The van der Waals surface area contributed by atoms with E-state index in [1.54, 1.807) is 54.6 Å². The van der Waals surface area contributed by atoms with E-state index in [4.69, 9.17) is 0 Å². The molecule has 3 heteroatoms. The van der Waals surface area contributed by atoms with Crippen LogP contribution in [0.4, 0.5) is 0 Å². The van der Waals surface area contributed by atoms with Gasteiger partial charge in [-0.05, 0) is 0 Å². The Kier molecular flexibility index (Phi) is 4.56. The van der Waals surface area contributed by atoms with Gasteiger partial charge in [-0.1, -0.05) is 60.7 Å². The fourth-order valence-corrected chi connectivity index (χ4v) is 1.86. The van der Waals surface area contributed by atoms with Gasteiger partial charge in [0, 0.05) is 24.0 Å². The van der Waals surface area contributed by atoms with Gasteiger partial charge in [0.05, 0.1) is 0 Å². The van der Waals surface area contributed by atoms with Crippen LogP contribution in [-0.4, -0.2) is 17.3 Å². The summed E-state index contributed by atoms with van der Waals surface area (Å²) in [6, 6.07) is 17.1. The minimum Gasteiger partial charge on any atom is -0.294 e. The summed E-state index contributed by atoms with van der Waals surface area (Å²) in [5.74, 6) is -1.19. The molecule has 0 atom stereocenters. The third-order valence-corrected chi connectivity index (χ3v) is 2.96. The summed E-state index contributed by atoms with van der Waals surface area (Å²) in [5.41, 5.74) is 0.928. The summed E-state index contributed by atoms with van der Waals surface area (Å²) in [6.45, 7) is 0. The lowest BCUT2D eigenvalue weighted by Gasteiger charge is -2.01. The first-order valence-corrected chi connectivity index (χ1v) is 6.39. The maximum atomic E-state index is 11.8. The van der Waals surface area contributed by atoms with Crippen LogP contribution in [0.1, 0.15) is 33.6 Å². The van der Waals surface area contributed by atoms with Gasteiger partial charge < -0.3 is 0 Å². The van der Waals surface area contributed by atoms with Crippen LogP contribution in [0.3, 0.4) is 0 Å². The smallest absolute Gasteiger partial charge is 0.228 e. The zero-order chi connectivity index (χ0) is 14.4. The Bertz CT molecular complexity index is 615. The zero-order valence-electron chi connectivity index (χ0n) is 10.9. The van der Waals surface area contributed by atoms with E-state index < -0.39 is 11.6 Å². The van der Waals surface area contributed by atoms with Crippen LogP contribution in [-0.2, 0) is 4.79 Å². The second-order valence-corrected chi connectivity index (χ2v) is 4.41. The van der Waals surface area contributed by atoms with Crippen LogP contribution in [0.15, 0.2) is 60.7 Å². The summed E-state index contributed by atoms with van der Waals surface area (Å²) in [5, 5.41) is 0. The summed E-state index contributed by atoms with van der Waals surface area (Å²) in [6.07, 6.45) is 0.00285. The van der Waals surface area contributed by atoms with Gasteiger partial charge >= 0.3 is 0 Å². The molecule has 0 unspecified atom stereocenters. The van der Waals surface area contributed by atoms with Crippen LogP contribution < -0.4 is 0 Å². The molecule has 0 spiro atoms. The number of benzene rings is 2. The number of carbonyl (C=O) groups excluding carboxylic acids is 3. The predicted molar refractivity (Wildman–Crippen MR) is 75.8 cm³/mol. The first-order chi connectivity index (χ1) is 9.68. The molecule has 2 rings (SSSR count). The molecule has 0 aromatic heterocycles. The Hall–Kier alpha value is -2.55. The van der Waals surface area contributed by atoms with E-state index >= 15 is 0 Å². The molecule has 3 nitrogen and oxygen atoms in total. The maximum absolute atomic E-state index is 11.8. The molecule has 0 fully saturated rings. The van der Waals surface area contributed by atoms with Gasteiger partial charge in [-0.3, -0.25) is 14.4 Å². The molecular formula is C17H14O3. The molecule has 2 aromatic rings. The molecule has 0 heterocycles. The number of ketones is 3. The molecule has 2 aromatic carbocycles. The number of rotatable bonds is 6. The van der Waals surface area contributed by atoms with Crippen LogP contribution >= 0.6 is 0 Å². The fraction of sp³-hybridized carbons (Fsp3) is 0.118. The number of hydrogen-bond donors (Lipinski definition) is 0. The van der Waals surface area contributed by atoms with Crippen molar-refractivity contribution in [2.75, 3.05) is 0 Å². The van der Waals surface area contributed by atoms with Crippen LogP contribution in [0.2, 0.25) is 0 Å². The second-order valence-electron chi connectivity index (χ2n) is 4.41. The van der Waals surface area contributed by atoms with Crippen molar-refractivity contribution in [1.82, 2.24) is 0 Å². The molecule has 100 valence electrons. The topological polar surface area (TPSA) is 51.2 Å². The molecule has 0 N–H and O–H groups in total. The Balaban J connectivity index is 1.93. The third-order valence-electron chi connectivity index (χ3n) is 2.96. The van der Waals surface area contributed by atoms with E-state index in [0.29, 0.717) is 11.1 Å². The zero-order valence-corrected chi connectivity index (χ0v) is 10.9. The van der Waals surface area contributed by atoms with Crippen molar-refractivity contribution in [1.29, 1.82) is 0 Å². The highest BCUT2D eigenvalue weighted by Gasteiger charge is 2.17. The van der Waals surface area contributed by atoms with Gasteiger partial charge in [0.1, 0.15) is 0 Å². The molecule has 0 saturated heterocycles. The predicted octanol–water partition coefficient (Wildman–Crippen LogP) is 3.10. The van der Waals surface area contributed by atoms with Crippen molar-refractivity contribution < 1.29 is 14.4 Å². The standard InChI is InChI=1S/C17H14O3/c18-15(13-7-3-1-4-8-13)11-12-16(19)17(20)14-9-5-2-6-10-14/h1-10H,11-12H2. The van der Waals surface area contributed by atoms with Crippen LogP contribution in [0.5, 0.6) is 0 Å².